The van der Waals surface area contributed by atoms with Crippen LogP contribution in [0.25, 0.3) is 0 Å². The van der Waals surface area contributed by atoms with Gasteiger partial charge in [-0.3, -0.25) is 9.62 Å². The van der Waals surface area contributed by atoms with E-state index in [1.54, 1.807) is 30.0 Å². The molecule has 29 heavy (non-hydrogen) atoms. The number of cyclic esters (lactones) is 1. The van der Waals surface area contributed by atoms with E-state index in [1.807, 2.05) is 31.2 Å². The van der Waals surface area contributed by atoms with Crippen molar-refractivity contribution in [2.75, 3.05) is 16.2 Å². The molecule has 1 aliphatic carbocycles. The zero-order chi connectivity index (χ0) is 20.6. The number of carbonyl (C=O) groups is 1. The molecule has 6 nitrogen and oxygen atoms in total. The first-order valence-corrected chi connectivity index (χ1v) is 11.7. The van der Waals surface area contributed by atoms with Gasteiger partial charge in [-0.25, -0.2) is 13.2 Å². The Balaban J connectivity index is 1.51. The zero-order valence-corrected chi connectivity index (χ0v) is 17.5. The Labute approximate surface area is 171 Å². The SMILES string of the molecule is CCCN1C(=O)OC(C)c2cc(NS(=O)(=O)Cc3ccc(C4CC4)cc3)ccc21. The summed E-state index contributed by atoms with van der Waals surface area (Å²) in [7, 11) is -3.56. The summed E-state index contributed by atoms with van der Waals surface area (Å²) in [4.78, 5) is 13.7. The van der Waals surface area contributed by atoms with Gasteiger partial charge < -0.3 is 4.74 Å². The minimum Gasteiger partial charge on any atom is -0.441 e. The minimum atomic E-state index is -3.56. The summed E-state index contributed by atoms with van der Waals surface area (Å²) in [6.45, 7) is 4.34. The van der Waals surface area contributed by atoms with Gasteiger partial charge in [0.25, 0.3) is 0 Å². The number of hydrogen-bond donors (Lipinski definition) is 1. The van der Waals surface area contributed by atoms with Gasteiger partial charge in [0.1, 0.15) is 6.10 Å². The molecule has 7 heteroatoms. The number of rotatable bonds is 7. The molecule has 0 aromatic heterocycles. The van der Waals surface area contributed by atoms with Gasteiger partial charge in [-0.05, 0) is 61.4 Å². The molecular formula is C22H26N2O4S. The normalized spacial score (nSPS) is 18.9. The third kappa shape index (κ3) is 4.40. The highest BCUT2D eigenvalue weighted by Crippen LogP contribution is 2.40. The van der Waals surface area contributed by atoms with Crippen molar-refractivity contribution in [3.05, 3.63) is 59.2 Å². The monoisotopic (exact) mass is 414 g/mol. The second-order valence-electron chi connectivity index (χ2n) is 7.83. The number of anilines is 2. The third-order valence-electron chi connectivity index (χ3n) is 5.36. The Bertz CT molecular complexity index is 1010. The van der Waals surface area contributed by atoms with Crippen molar-refractivity contribution in [1.82, 2.24) is 0 Å². The molecule has 1 aliphatic heterocycles. The molecule has 0 bridgehead atoms. The van der Waals surface area contributed by atoms with Crippen LogP contribution >= 0.6 is 0 Å². The molecule has 1 saturated carbocycles. The molecule has 1 amide bonds. The van der Waals surface area contributed by atoms with Crippen LogP contribution in [0.4, 0.5) is 16.2 Å². The summed E-state index contributed by atoms with van der Waals surface area (Å²) in [5, 5.41) is 0. The lowest BCUT2D eigenvalue weighted by molar-refractivity contribution is 0.108. The fourth-order valence-electron chi connectivity index (χ4n) is 3.74. The Hall–Kier alpha value is -2.54. The lowest BCUT2D eigenvalue weighted by Gasteiger charge is -2.32. The van der Waals surface area contributed by atoms with Crippen LogP contribution in [0.5, 0.6) is 0 Å². The maximum atomic E-state index is 12.7. The molecule has 1 atom stereocenters. The molecule has 1 heterocycles. The molecule has 1 N–H and O–H groups in total. The van der Waals surface area contributed by atoms with E-state index in [-0.39, 0.29) is 11.8 Å². The third-order valence-corrected chi connectivity index (χ3v) is 6.62. The number of fused-ring (bicyclic) bond motifs is 1. The molecule has 1 unspecified atom stereocenters. The summed E-state index contributed by atoms with van der Waals surface area (Å²) in [6, 6.07) is 13.1. The molecule has 2 aliphatic rings. The zero-order valence-electron chi connectivity index (χ0n) is 16.7. The van der Waals surface area contributed by atoms with Crippen molar-refractivity contribution in [3.8, 4) is 0 Å². The molecule has 0 saturated heterocycles. The fraction of sp³-hybridized carbons (Fsp3) is 0.409. The summed E-state index contributed by atoms with van der Waals surface area (Å²) in [5.74, 6) is 0.569. The standard InChI is InChI=1S/C22H26N2O4S/c1-3-12-24-21-11-10-19(13-20(21)15(2)28-22(24)25)23-29(26,27)14-16-4-6-17(7-5-16)18-8-9-18/h4-7,10-11,13,15,18,23H,3,8-9,12,14H2,1-2H3. The summed E-state index contributed by atoms with van der Waals surface area (Å²) < 4.78 is 33.4. The van der Waals surface area contributed by atoms with Crippen LogP contribution in [0.15, 0.2) is 42.5 Å². The number of nitrogens with one attached hydrogen (secondary N) is 1. The van der Waals surface area contributed by atoms with E-state index in [0.717, 1.165) is 23.2 Å². The van der Waals surface area contributed by atoms with Crippen LogP contribution < -0.4 is 9.62 Å². The van der Waals surface area contributed by atoms with Crippen molar-refractivity contribution in [2.45, 2.75) is 50.9 Å². The number of amides is 1. The quantitative estimate of drug-likeness (QED) is 0.697. The van der Waals surface area contributed by atoms with Crippen LogP contribution in [0, 0.1) is 0 Å². The lowest BCUT2D eigenvalue weighted by atomic mass is 10.0. The fourth-order valence-corrected chi connectivity index (χ4v) is 4.93. The topological polar surface area (TPSA) is 75.7 Å². The summed E-state index contributed by atoms with van der Waals surface area (Å²) >= 11 is 0. The van der Waals surface area contributed by atoms with E-state index in [1.165, 1.54) is 18.4 Å². The minimum absolute atomic E-state index is 0.0818. The lowest BCUT2D eigenvalue weighted by Crippen LogP contribution is -2.37. The predicted octanol–water partition coefficient (Wildman–Crippen LogP) is 4.93. The average molecular weight is 415 g/mol. The van der Waals surface area contributed by atoms with E-state index in [0.29, 0.717) is 18.2 Å². The highest BCUT2D eigenvalue weighted by molar-refractivity contribution is 7.91. The van der Waals surface area contributed by atoms with Gasteiger partial charge in [0, 0.05) is 17.8 Å². The highest BCUT2D eigenvalue weighted by atomic mass is 32.2. The first-order chi connectivity index (χ1) is 13.9. The van der Waals surface area contributed by atoms with Crippen LogP contribution in [0.2, 0.25) is 0 Å². The van der Waals surface area contributed by atoms with Gasteiger partial charge in [-0.1, -0.05) is 31.2 Å². The van der Waals surface area contributed by atoms with E-state index in [4.69, 9.17) is 4.74 Å². The Morgan fingerprint density at radius 3 is 2.52 bits per heavy atom. The van der Waals surface area contributed by atoms with Crippen LogP contribution in [-0.2, 0) is 20.5 Å². The van der Waals surface area contributed by atoms with Gasteiger partial charge in [0.15, 0.2) is 0 Å². The van der Waals surface area contributed by atoms with E-state index in [2.05, 4.69) is 4.72 Å². The maximum absolute atomic E-state index is 12.7. The second kappa shape index (κ2) is 7.71. The van der Waals surface area contributed by atoms with Crippen molar-refractivity contribution < 1.29 is 17.9 Å². The number of benzene rings is 2. The smallest absolute Gasteiger partial charge is 0.414 e. The Kier molecular flexibility index (Phi) is 5.25. The number of ether oxygens (including phenoxy) is 1. The van der Waals surface area contributed by atoms with E-state index >= 15 is 0 Å². The van der Waals surface area contributed by atoms with Crippen LogP contribution in [0.3, 0.4) is 0 Å². The molecule has 1 fully saturated rings. The maximum Gasteiger partial charge on any atom is 0.414 e. The van der Waals surface area contributed by atoms with Gasteiger partial charge in [0.05, 0.1) is 11.4 Å². The highest BCUT2D eigenvalue weighted by Gasteiger charge is 2.30. The number of hydrogen-bond acceptors (Lipinski definition) is 4. The molecular weight excluding hydrogens is 388 g/mol. The molecule has 4 rings (SSSR count). The van der Waals surface area contributed by atoms with Gasteiger partial charge in [-0.15, -0.1) is 0 Å². The Morgan fingerprint density at radius 2 is 1.86 bits per heavy atom. The second-order valence-corrected chi connectivity index (χ2v) is 9.55. The van der Waals surface area contributed by atoms with Gasteiger partial charge >= 0.3 is 6.09 Å². The van der Waals surface area contributed by atoms with Crippen LogP contribution in [-0.4, -0.2) is 21.1 Å². The van der Waals surface area contributed by atoms with Crippen molar-refractivity contribution >= 4 is 27.5 Å². The van der Waals surface area contributed by atoms with E-state index in [9.17, 15) is 13.2 Å². The van der Waals surface area contributed by atoms with Gasteiger partial charge in [0.2, 0.25) is 10.0 Å². The number of nitrogens with zero attached hydrogens (tertiary/aromatic N) is 1. The first-order valence-electron chi connectivity index (χ1n) is 10.1. The summed E-state index contributed by atoms with van der Waals surface area (Å²) in [6.07, 6.45) is 2.46. The average Bonchev–Trinajstić information content (AvgIpc) is 3.50. The van der Waals surface area contributed by atoms with Crippen LogP contribution in [0.1, 0.15) is 61.8 Å². The predicted molar refractivity (Wildman–Crippen MR) is 114 cm³/mol. The molecule has 0 spiro atoms. The van der Waals surface area contributed by atoms with Crippen molar-refractivity contribution in [2.24, 2.45) is 0 Å². The van der Waals surface area contributed by atoms with Gasteiger partial charge in [-0.2, -0.15) is 0 Å². The molecule has 154 valence electrons. The number of sulfonamides is 1. The van der Waals surface area contributed by atoms with E-state index < -0.39 is 16.1 Å². The number of carbonyl (C=O) groups excluding carboxylic acids is 1. The summed E-state index contributed by atoms with van der Waals surface area (Å²) in [5.41, 5.74) is 4.09. The Morgan fingerprint density at radius 1 is 1.14 bits per heavy atom. The molecule has 0 radical (unpaired) electrons. The van der Waals surface area contributed by atoms with Crippen molar-refractivity contribution in [3.63, 3.8) is 0 Å². The van der Waals surface area contributed by atoms with Crippen molar-refractivity contribution in [1.29, 1.82) is 0 Å². The molecule has 2 aromatic rings. The first kappa shape index (κ1) is 19.8. The molecule has 2 aromatic carbocycles. The largest absolute Gasteiger partial charge is 0.441 e.